The van der Waals surface area contributed by atoms with E-state index in [1.54, 1.807) is 0 Å². The van der Waals surface area contributed by atoms with Gasteiger partial charge in [-0.15, -0.1) is 0 Å². The Bertz CT molecular complexity index is 617. The average molecular weight is 271 g/mol. The van der Waals surface area contributed by atoms with Crippen molar-refractivity contribution in [2.75, 3.05) is 18.5 Å². The Morgan fingerprint density at radius 3 is 3.25 bits per heavy atom. The molecule has 0 bridgehead atoms. The highest BCUT2D eigenvalue weighted by Crippen LogP contribution is 2.28. The first-order chi connectivity index (χ1) is 9.88. The summed E-state index contributed by atoms with van der Waals surface area (Å²) in [7, 11) is 0. The Labute approximate surface area is 117 Å². The quantitative estimate of drug-likeness (QED) is 0.929. The zero-order chi connectivity index (χ0) is 13.4. The highest BCUT2D eigenvalue weighted by Gasteiger charge is 2.20. The van der Waals surface area contributed by atoms with Crippen LogP contribution in [0.25, 0.3) is 11.5 Å². The average Bonchev–Trinajstić information content (AvgIpc) is 3.19. The second-order valence-electron chi connectivity index (χ2n) is 5.40. The Morgan fingerprint density at radius 1 is 1.35 bits per heavy atom. The lowest BCUT2D eigenvalue weighted by Crippen LogP contribution is -2.09. The highest BCUT2D eigenvalue weighted by atomic mass is 16.5. The van der Waals surface area contributed by atoms with Gasteiger partial charge in [0.25, 0.3) is 5.89 Å². The normalized spacial score (nSPS) is 20.9. The molecule has 1 N–H and O–H groups in total. The Hall–Kier alpha value is -1.88. The minimum absolute atomic E-state index is 0.254. The number of hydrogen-bond donors (Lipinski definition) is 1. The Kier molecular flexibility index (Phi) is 2.92. The van der Waals surface area contributed by atoms with Crippen molar-refractivity contribution < 1.29 is 9.26 Å². The van der Waals surface area contributed by atoms with Crippen molar-refractivity contribution in [1.82, 2.24) is 10.1 Å². The van der Waals surface area contributed by atoms with Crippen LogP contribution in [0.3, 0.4) is 0 Å². The van der Waals surface area contributed by atoms with Gasteiger partial charge in [0.1, 0.15) is 0 Å². The molecule has 5 nitrogen and oxygen atoms in total. The van der Waals surface area contributed by atoms with E-state index < -0.39 is 0 Å². The van der Waals surface area contributed by atoms with Crippen LogP contribution >= 0.6 is 0 Å². The van der Waals surface area contributed by atoms with Crippen LogP contribution < -0.4 is 5.32 Å². The van der Waals surface area contributed by atoms with E-state index in [9.17, 15) is 0 Å². The van der Waals surface area contributed by atoms with E-state index >= 15 is 0 Å². The highest BCUT2D eigenvalue weighted by molar-refractivity contribution is 5.64. The van der Waals surface area contributed by atoms with Crippen molar-refractivity contribution >= 4 is 5.69 Å². The maximum absolute atomic E-state index is 5.60. The number of nitrogens with one attached hydrogen (secondary N) is 1. The van der Waals surface area contributed by atoms with Gasteiger partial charge in [-0.1, -0.05) is 5.16 Å². The van der Waals surface area contributed by atoms with Crippen LogP contribution in [0.4, 0.5) is 5.69 Å². The van der Waals surface area contributed by atoms with Crippen molar-refractivity contribution in [2.45, 2.75) is 31.8 Å². The molecule has 0 saturated carbocycles. The summed E-state index contributed by atoms with van der Waals surface area (Å²) in [6.45, 7) is 1.86. The largest absolute Gasteiger partial charge is 0.384 e. The number of benzene rings is 1. The van der Waals surface area contributed by atoms with Gasteiger partial charge < -0.3 is 14.6 Å². The third-order valence-electron chi connectivity index (χ3n) is 3.96. The summed E-state index contributed by atoms with van der Waals surface area (Å²) in [4.78, 5) is 4.49. The molecule has 0 spiro atoms. The van der Waals surface area contributed by atoms with Gasteiger partial charge in [0.2, 0.25) is 0 Å². The van der Waals surface area contributed by atoms with Gasteiger partial charge in [0, 0.05) is 30.8 Å². The fourth-order valence-corrected chi connectivity index (χ4v) is 2.90. The predicted octanol–water partition coefficient (Wildman–Crippen LogP) is 2.43. The molecule has 1 unspecified atom stereocenters. The maximum atomic E-state index is 5.60. The molecule has 1 saturated heterocycles. The number of nitrogens with zero attached hydrogens (tertiary/aromatic N) is 2. The monoisotopic (exact) mass is 271 g/mol. The first kappa shape index (κ1) is 11.9. The summed E-state index contributed by atoms with van der Waals surface area (Å²) in [5.74, 6) is 1.35. The van der Waals surface area contributed by atoms with Crippen LogP contribution in [0.15, 0.2) is 22.7 Å². The van der Waals surface area contributed by atoms with Crippen molar-refractivity contribution in [3.63, 3.8) is 0 Å². The number of anilines is 1. The molecule has 0 radical (unpaired) electrons. The lowest BCUT2D eigenvalue weighted by atomic mass is 10.1. The topological polar surface area (TPSA) is 60.2 Å². The van der Waals surface area contributed by atoms with Crippen molar-refractivity contribution in [3.05, 3.63) is 29.6 Å². The van der Waals surface area contributed by atoms with Crippen molar-refractivity contribution in [2.24, 2.45) is 0 Å². The molecule has 2 aliphatic rings. The van der Waals surface area contributed by atoms with Crippen LogP contribution in [0, 0.1) is 0 Å². The molecule has 1 fully saturated rings. The number of rotatable bonds is 3. The molecule has 0 amide bonds. The molecule has 5 heteroatoms. The Balaban J connectivity index is 1.55. The van der Waals surface area contributed by atoms with Gasteiger partial charge in [-0.3, -0.25) is 0 Å². The number of fused-ring (bicyclic) bond motifs is 1. The van der Waals surface area contributed by atoms with Crippen molar-refractivity contribution in [1.29, 1.82) is 0 Å². The van der Waals surface area contributed by atoms with Gasteiger partial charge in [-0.25, -0.2) is 0 Å². The van der Waals surface area contributed by atoms with E-state index in [4.69, 9.17) is 9.26 Å². The summed E-state index contributed by atoms with van der Waals surface area (Å²) in [5.41, 5.74) is 3.53. The number of hydrogen-bond acceptors (Lipinski definition) is 5. The molecule has 3 heterocycles. The van der Waals surface area contributed by atoms with Gasteiger partial charge >= 0.3 is 0 Å². The number of ether oxygens (including phenoxy) is 1. The summed E-state index contributed by atoms with van der Waals surface area (Å²) >= 11 is 0. The van der Waals surface area contributed by atoms with Crippen molar-refractivity contribution in [3.8, 4) is 11.5 Å². The fraction of sp³-hybridized carbons (Fsp3) is 0.467. The molecule has 2 aromatic rings. The molecule has 1 aromatic heterocycles. The lowest BCUT2D eigenvalue weighted by Gasteiger charge is -2.04. The van der Waals surface area contributed by atoms with E-state index in [2.05, 4.69) is 27.6 Å². The third-order valence-corrected chi connectivity index (χ3v) is 3.96. The fourth-order valence-electron chi connectivity index (χ4n) is 2.90. The van der Waals surface area contributed by atoms with E-state index in [-0.39, 0.29) is 6.10 Å². The van der Waals surface area contributed by atoms with Crippen LogP contribution in [0.5, 0.6) is 0 Å². The van der Waals surface area contributed by atoms with Crippen LogP contribution in [0.1, 0.15) is 24.2 Å². The Morgan fingerprint density at radius 2 is 2.35 bits per heavy atom. The summed E-state index contributed by atoms with van der Waals surface area (Å²) in [5, 5.41) is 7.42. The molecular weight excluding hydrogens is 254 g/mol. The molecule has 20 heavy (non-hydrogen) atoms. The predicted molar refractivity (Wildman–Crippen MR) is 74.6 cm³/mol. The minimum Gasteiger partial charge on any atom is -0.384 e. The second kappa shape index (κ2) is 4.90. The summed E-state index contributed by atoms with van der Waals surface area (Å²) in [6, 6.07) is 6.25. The molecule has 1 atom stereocenters. The van der Waals surface area contributed by atoms with E-state index in [1.807, 2.05) is 6.07 Å². The van der Waals surface area contributed by atoms with Crippen LogP contribution in [-0.4, -0.2) is 29.4 Å². The molecule has 104 valence electrons. The van der Waals surface area contributed by atoms with Crippen LogP contribution in [0.2, 0.25) is 0 Å². The molecule has 4 rings (SSSR count). The third kappa shape index (κ3) is 2.18. The maximum Gasteiger partial charge on any atom is 0.257 e. The molecule has 0 aliphatic carbocycles. The smallest absolute Gasteiger partial charge is 0.257 e. The lowest BCUT2D eigenvalue weighted by molar-refractivity contribution is 0.109. The van der Waals surface area contributed by atoms with Crippen LogP contribution in [-0.2, 0) is 17.6 Å². The van der Waals surface area contributed by atoms with Gasteiger partial charge in [-0.2, -0.15) is 4.98 Å². The zero-order valence-corrected chi connectivity index (χ0v) is 11.3. The first-order valence-corrected chi connectivity index (χ1v) is 7.20. The number of aromatic nitrogens is 2. The van der Waals surface area contributed by atoms with Gasteiger partial charge in [0.05, 0.1) is 6.10 Å². The zero-order valence-electron chi connectivity index (χ0n) is 11.3. The molecular formula is C15H17N3O2. The minimum atomic E-state index is 0.254. The van der Waals surface area contributed by atoms with Gasteiger partial charge in [0.15, 0.2) is 5.82 Å². The van der Waals surface area contributed by atoms with Gasteiger partial charge in [-0.05, 0) is 43.0 Å². The SMILES string of the molecule is c1cc2c(cc1-c1nc(CC3CCCO3)no1)CCN2. The van der Waals surface area contributed by atoms with E-state index in [1.165, 1.54) is 11.3 Å². The molecule has 1 aromatic carbocycles. The summed E-state index contributed by atoms with van der Waals surface area (Å²) in [6.07, 6.45) is 4.28. The van der Waals surface area contributed by atoms with E-state index in [0.717, 1.165) is 50.2 Å². The van der Waals surface area contributed by atoms with E-state index in [0.29, 0.717) is 5.89 Å². The second-order valence-corrected chi connectivity index (χ2v) is 5.40. The first-order valence-electron chi connectivity index (χ1n) is 7.20. The molecule has 2 aliphatic heterocycles. The summed E-state index contributed by atoms with van der Waals surface area (Å²) < 4.78 is 11.0. The standard InChI is InChI=1S/C15H17N3O2/c1-2-12(19-7-1)9-14-17-15(20-18-14)11-3-4-13-10(8-11)5-6-16-13/h3-4,8,12,16H,1-2,5-7,9H2.